The molecule has 1 aliphatic heterocycles. The van der Waals surface area contributed by atoms with Crippen LogP contribution in [0, 0.1) is 0 Å². The fourth-order valence-electron chi connectivity index (χ4n) is 5.67. The molecule has 4 unspecified atom stereocenters. The molecule has 12 heteroatoms. The van der Waals surface area contributed by atoms with Gasteiger partial charge >= 0.3 is 0 Å². The number of benzene rings is 2. The van der Waals surface area contributed by atoms with E-state index in [0.717, 1.165) is 0 Å². The lowest BCUT2D eigenvalue weighted by Crippen LogP contribution is -2.53. The average molecular weight is 544 g/mol. The van der Waals surface area contributed by atoms with E-state index < -0.39 is 95.7 Å². The van der Waals surface area contributed by atoms with Crippen molar-refractivity contribution < 1.29 is 54.1 Å². The Kier molecular flexibility index (Phi) is 6.74. The predicted octanol–water partition coefficient (Wildman–Crippen LogP) is 0.00130. The minimum absolute atomic E-state index is 0.00686. The Hall–Kier alpha value is -3.39. The highest BCUT2D eigenvalue weighted by Crippen LogP contribution is 2.52. The monoisotopic (exact) mass is 543 g/mol. The summed E-state index contributed by atoms with van der Waals surface area (Å²) in [4.78, 5) is 39.6. The second-order valence-corrected chi connectivity index (χ2v) is 10.2. The van der Waals surface area contributed by atoms with Gasteiger partial charge in [0.05, 0.1) is 36.5 Å². The van der Waals surface area contributed by atoms with Crippen LogP contribution in [0.1, 0.15) is 68.8 Å². The number of nitrogens with two attached hydrogens (primary N) is 1. The quantitative estimate of drug-likeness (QED) is 0.235. The number of ketones is 3. The summed E-state index contributed by atoms with van der Waals surface area (Å²) in [6.07, 6.45) is -5.08. The molecule has 2 aromatic rings. The number of phenols is 2. The molecular weight excluding hydrogens is 514 g/mol. The Morgan fingerprint density at radius 1 is 1.15 bits per heavy atom. The Bertz CT molecular complexity index is 1380. The molecule has 2 aromatic carbocycles. The molecule has 6 atom stereocenters. The minimum atomic E-state index is -2.24. The van der Waals surface area contributed by atoms with Crippen molar-refractivity contribution in [2.45, 2.75) is 62.4 Å². The summed E-state index contributed by atoms with van der Waals surface area (Å²) >= 11 is 0. The maximum absolute atomic E-state index is 13.5. The molecule has 0 spiro atoms. The summed E-state index contributed by atoms with van der Waals surface area (Å²) < 4.78 is 16.9. The first-order chi connectivity index (χ1) is 18.4. The fraction of sp³-hybridized carbons (Fsp3) is 0.444. The number of aliphatic hydroxyl groups is 3. The first-order valence-corrected chi connectivity index (χ1v) is 12.4. The van der Waals surface area contributed by atoms with Gasteiger partial charge in [0.15, 0.2) is 23.6 Å². The SMILES string of the molecule is COc1ccc2c(c1)C(=O)c1c(O)c3c(c(O)c1C2=O)[C@@H](OC1CC(N)C(O)C(C)O1)C[C@](O)(C(=O)CO)C3. The van der Waals surface area contributed by atoms with Crippen molar-refractivity contribution in [2.24, 2.45) is 5.73 Å². The summed E-state index contributed by atoms with van der Waals surface area (Å²) in [7, 11) is 1.38. The summed E-state index contributed by atoms with van der Waals surface area (Å²) in [5.41, 5.74) is 2.49. The molecule has 1 fully saturated rings. The summed E-state index contributed by atoms with van der Waals surface area (Å²) in [5.74, 6) is -3.51. The van der Waals surface area contributed by atoms with Crippen LogP contribution in [0.5, 0.6) is 17.2 Å². The third-order valence-corrected chi connectivity index (χ3v) is 7.80. The van der Waals surface area contributed by atoms with E-state index in [0.29, 0.717) is 5.75 Å². The molecular formula is C27H29NO11. The number of rotatable bonds is 5. The maximum Gasteiger partial charge on any atom is 0.198 e. The van der Waals surface area contributed by atoms with E-state index in [-0.39, 0.29) is 28.7 Å². The number of aromatic hydroxyl groups is 2. The Morgan fingerprint density at radius 3 is 2.46 bits per heavy atom. The summed E-state index contributed by atoms with van der Waals surface area (Å²) in [5, 5.41) is 53.6. The zero-order chi connectivity index (χ0) is 28.4. The van der Waals surface area contributed by atoms with Crippen LogP contribution in [0.25, 0.3) is 0 Å². The van der Waals surface area contributed by atoms with Crippen LogP contribution in [-0.4, -0.2) is 86.7 Å². The molecule has 7 N–H and O–H groups in total. The van der Waals surface area contributed by atoms with Crippen molar-refractivity contribution >= 4 is 17.3 Å². The van der Waals surface area contributed by atoms with Crippen molar-refractivity contribution in [3.63, 3.8) is 0 Å². The van der Waals surface area contributed by atoms with Crippen molar-refractivity contribution in [1.82, 2.24) is 0 Å². The maximum atomic E-state index is 13.5. The normalized spacial score (nSPS) is 29.8. The standard InChI is InChI=1S/C27H29NO11/c1-10-22(31)15(28)6-18(38-10)39-16-8-27(36,17(30)9-29)7-14-19(16)26(35)21-20(25(14)34)24(33)13-5-11(37-2)3-4-12(13)23(21)32/h3-5,10,15-16,18,22,29,31,34-36H,6-9,28H2,1-2H3/t10?,15?,16-,18?,22?,27-/m0/s1. The molecule has 208 valence electrons. The van der Waals surface area contributed by atoms with Crippen molar-refractivity contribution in [1.29, 1.82) is 0 Å². The van der Waals surface area contributed by atoms with Gasteiger partial charge in [-0.15, -0.1) is 0 Å². The van der Waals surface area contributed by atoms with Crippen LogP contribution in [0.3, 0.4) is 0 Å². The van der Waals surface area contributed by atoms with E-state index in [1.54, 1.807) is 6.92 Å². The number of phenolic OH excluding ortho intramolecular Hbond substituents is 2. The van der Waals surface area contributed by atoms with Gasteiger partial charge in [0.1, 0.15) is 29.5 Å². The molecule has 2 aliphatic carbocycles. The summed E-state index contributed by atoms with van der Waals surface area (Å²) in [6.45, 7) is 0.561. The number of fused-ring (bicyclic) bond motifs is 3. The van der Waals surface area contributed by atoms with Crippen molar-refractivity contribution in [3.05, 3.63) is 51.6 Å². The van der Waals surface area contributed by atoms with Gasteiger partial charge < -0.3 is 45.5 Å². The Labute approximate surface area is 222 Å². The third-order valence-electron chi connectivity index (χ3n) is 7.80. The number of hydrogen-bond donors (Lipinski definition) is 6. The molecule has 3 aliphatic rings. The zero-order valence-corrected chi connectivity index (χ0v) is 21.2. The van der Waals surface area contributed by atoms with Crippen LogP contribution in [0.15, 0.2) is 18.2 Å². The van der Waals surface area contributed by atoms with E-state index in [1.807, 2.05) is 0 Å². The van der Waals surface area contributed by atoms with E-state index in [9.17, 15) is 39.9 Å². The predicted molar refractivity (Wildman–Crippen MR) is 132 cm³/mol. The van der Waals surface area contributed by atoms with Gasteiger partial charge in [0, 0.05) is 47.6 Å². The van der Waals surface area contributed by atoms with Crippen LogP contribution >= 0.6 is 0 Å². The topological polar surface area (TPSA) is 206 Å². The first-order valence-electron chi connectivity index (χ1n) is 12.4. The molecule has 0 aromatic heterocycles. The van der Waals surface area contributed by atoms with E-state index in [4.69, 9.17) is 19.9 Å². The molecule has 0 amide bonds. The first kappa shape index (κ1) is 27.2. The van der Waals surface area contributed by atoms with Crippen LogP contribution in [0.2, 0.25) is 0 Å². The van der Waals surface area contributed by atoms with Gasteiger partial charge in [-0.1, -0.05) is 0 Å². The highest BCUT2D eigenvalue weighted by atomic mass is 16.7. The van der Waals surface area contributed by atoms with Gasteiger partial charge in [-0.25, -0.2) is 0 Å². The van der Waals surface area contributed by atoms with Crippen molar-refractivity contribution in [2.75, 3.05) is 13.7 Å². The number of hydrogen-bond acceptors (Lipinski definition) is 12. The number of ether oxygens (including phenoxy) is 3. The van der Waals surface area contributed by atoms with Gasteiger partial charge in [0.2, 0.25) is 0 Å². The average Bonchev–Trinajstić information content (AvgIpc) is 2.91. The molecule has 5 rings (SSSR count). The number of carbonyl (C=O) groups is 3. The third kappa shape index (κ3) is 4.20. The molecule has 12 nitrogen and oxygen atoms in total. The highest BCUT2D eigenvalue weighted by molar-refractivity contribution is 6.30. The van der Waals surface area contributed by atoms with Gasteiger partial charge in [-0.3, -0.25) is 14.4 Å². The molecule has 1 heterocycles. The Morgan fingerprint density at radius 2 is 1.82 bits per heavy atom. The molecule has 39 heavy (non-hydrogen) atoms. The van der Waals surface area contributed by atoms with Gasteiger partial charge in [-0.05, 0) is 25.1 Å². The van der Waals surface area contributed by atoms with Crippen LogP contribution in [-0.2, 0) is 20.7 Å². The lowest BCUT2D eigenvalue weighted by atomic mass is 9.72. The van der Waals surface area contributed by atoms with Gasteiger partial charge in [-0.2, -0.15) is 0 Å². The largest absolute Gasteiger partial charge is 0.507 e. The van der Waals surface area contributed by atoms with Crippen LogP contribution < -0.4 is 10.5 Å². The second kappa shape index (κ2) is 9.66. The summed E-state index contributed by atoms with van der Waals surface area (Å²) in [6, 6.07) is 3.48. The number of carbonyl (C=O) groups excluding carboxylic acids is 3. The highest BCUT2D eigenvalue weighted by Gasteiger charge is 2.50. The van der Waals surface area contributed by atoms with E-state index in [2.05, 4.69) is 0 Å². The number of Topliss-reactive ketones (excluding diaryl/α,β-unsaturated/α-hetero) is 1. The number of aliphatic hydroxyl groups excluding tert-OH is 2. The number of methoxy groups -OCH3 is 1. The van der Waals surface area contributed by atoms with Gasteiger partial charge in [0.25, 0.3) is 0 Å². The zero-order valence-electron chi connectivity index (χ0n) is 21.2. The Balaban J connectivity index is 1.67. The molecule has 0 bridgehead atoms. The lowest BCUT2D eigenvalue weighted by Gasteiger charge is -2.42. The fourth-order valence-corrected chi connectivity index (χ4v) is 5.67. The minimum Gasteiger partial charge on any atom is -0.507 e. The van der Waals surface area contributed by atoms with E-state index in [1.165, 1.54) is 25.3 Å². The second-order valence-electron chi connectivity index (χ2n) is 10.2. The van der Waals surface area contributed by atoms with Crippen LogP contribution in [0.4, 0.5) is 0 Å². The molecule has 0 radical (unpaired) electrons. The van der Waals surface area contributed by atoms with E-state index >= 15 is 0 Å². The molecule has 1 saturated heterocycles. The van der Waals surface area contributed by atoms with Crippen molar-refractivity contribution in [3.8, 4) is 17.2 Å². The smallest absolute Gasteiger partial charge is 0.198 e. The lowest BCUT2D eigenvalue weighted by molar-refractivity contribution is -0.247. The molecule has 0 saturated carbocycles.